The van der Waals surface area contributed by atoms with Crippen molar-refractivity contribution in [2.24, 2.45) is 0 Å². The van der Waals surface area contributed by atoms with Crippen LogP contribution in [-0.2, 0) is 0 Å². The normalized spacial score (nSPS) is 16.2. The van der Waals surface area contributed by atoms with Gasteiger partial charge in [-0.1, -0.05) is 41.9 Å². The summed E-state index contributed by atoms with van der Waals surface area (Å²) < 4.78 is 6.25. The molecule has 0 saturated carbocycles. The van der Waals surface area contributed by atoms with Crippen molar-refractivity contribution in [3.8, 4) is 11.8 Å². The van der Waals surface area contributed by atoms with E-state index < -0.39 is 0 Å². The number of ether oxygens (including phenoxy) is 1. The van der Waals surface area contributed by atoms with Crippen molar-refractivity contribution in [1.82, 2.24) is 10.2 Å². The summed E-state index contributed by atoms with van der Waals surface area (Å²) in [6.45, 7) is 5.14. The van der Waals surface area contributed by atoms with E-state index in [1.165, 1.54) is 0 Å². The summed E-state index contributed by atoms with van der Waals surface area (Å²) in [5.74, 6) is 0.546. The van der Waals surface area contributed by atoms with E-state index in [0.717, 1.165) is 44.7 Å². The van der Waals surface area contributed by atoms with Gasteiger partial charge in [0.25, 0.3) is 0 Å². The number of nitriles is 1. The Labute approximate surface area is 154 Å². The summed E-state index contributed by atoms with van der Waals surface area (Å²) in [4.78, 5) is 2.44. The molecule has 130 valence electrons. The Kier molecular flexibility index (Phi) is 6.30. The molecule has 1 saturated heterocycles. The van der Waals surface area contributed by atoms with Crippen LogP contribution in [0.4, 0.5) is 0 Å². The Morgan fingerprint density at radius 2 is 1.92 bits per heavy atom. The van der Waals surface area contributed by atoms with Gasteiger partial charge in [0.05, 0.1) is 5.56 Å². The van der Waals surface area contributed by atoms with E-state index in [1.54, 1.807) is 18.2 Å². The fourth-order valence-corrected chi connectivity index (χ4v) is 3.20. The minimum Gasteiger partial charge on any atom is -0.484 e. The van der Waals surface area contributed by atoms with E-state index in [4.69, 9.17) is 16.3 Å². The number of nitrogens with one attached hydrogen (secondary N) is 1. The van der Waals surface area contributed by atoms with Crippen molar-refractivity contribution in [2.45, 2.75) is 12.5 Å². The Morgan fingerprint density at radius 1 is 1.16 bits per heavy atom. The largest absolute Gasteiger partial charge is 0.484 e. The molecule has 1 aliphatic heterocycles. The van der Waals surface area contributed by atoms with Crippen molar-refractivity contribution in [3.63, 3.8) is 0 Å². The average Bonchev–Trinajstić information content (AvgIpc) is 2.67. The van der Waals surface area contributed by atoms with Crippen LogP contribution in [0.5, 0.6) is 5.75 Å². The number of rotatable bonds is 6. The van der Waals surface area contributed by atoms with Gasteiger partial charge in [-0.15, -0.1) is 0 Å². The lowest BCUT2D eigenvalue weighted by atomic mass is 10.1. The van der Waals surface area contributed by atoms with Gasteiger partial charge in [-0.3, -0.25) is 0 Å². The molecule has 0 spiro atoms. The molecule has 1 aliphatic rings. The standard InChI is InChI=1S/C20H22ClN3O/c21-18-7-6-17(15-22)20(14-18)25-19(16-4-2-1-3-5-16)8-11-24-12-9-23-10-13-24/h1-7,14,19,23H,8-13H2/t19-/m1/s1. The van der Waals surface area contributed by atoms with Gasteiger partial charge >= 0.3 is 0 Å². The number of hydrogen-bond donors (Lipinski definition) is 1. The summed E-state index contributed by atoms with van der Waals surface area (Å²) in [7, 11) is 0. The summed E-state index contributed by atoms with van der Waals surface area (Å²) in [5.41, 5.74) is 1.62. The van der Waals surface area contributed by atoms with Gasteiger partial charge in [0.2, 0.25) is 0 Å². The molecule has 3 rings (SSSR count). The molecule has 0 bridgehead atoms. The Morgan fingerprint density at radius 3 is 2.64 bits per heavy atom. The van der Waals surface area contributed by atoms with Gasteiger partial charge in [0, 0.05) is 50.2 Å². The highest BCUT2D eigenvalue weighted by Crippen LogP contribution is 2.30. The zero-order chi connectivity index (χ0) is 17.5. The highest BCUT2D eigenvalue weighted by atomic mass is 35.5. The van der Waals surface area contributed by atoms with Crippen LogP contribution in [0.25, 0.3) is 0 Å². The van der Waals surface area contributed by atoms with Crippen LogP contribution in [0.2, 0.25) is 5.02 Å². The van der Waals surface area contributed by atoms with Crippen LogP contribution in [0.3, 0.4) is 0 Å². The van der Waals surface area contributed by atoms with Crippen LogP contribution < -0.4 is 10.1 Å². The van der Waals surface area contributed by atoms with Crippen molar-refractivity contribution < 1.29 is 4.74 Å². The van der Waals surface area contributed by atoms with E-state index >= 15 is 0 Å². The molecule has 5 heteroatoms. The smallest absolute Gasteiger partial charge is 0.139 e. The number of hydrogen-bond acceptors (Lipinski definition) is 4. The maximum Gasteiger partial charge on any atom is 0.139 e. The summed E-state index contributed by atoms with van der Waals surface area (Å²) in [5, 5.41) is 13.3. The summed E-state index contributed by atoms with van der Waals surface area (Å²) in [6, 6.07) is 17.5. The van der Waals surface area contributed by atoms with Crippen LogP contribution in [-0.4, -0.2) is 37.6 Å². The van der Waals surface area contributed by atoms with Gasteiger partial charge < -0.3 is 15.0 Å². The Hall–Kier alpha value is -2.06. The first kappa shape index (κ1) is 17.8. The zero-order valence-electron chi connectivity index (χ0n) is 14.1. The third-order valence-electron chi connectivity index (χ3n) is 4.42. The Balaban J connectivity index is 1.77. The maximum absolute atomic E-state index is 9.34. The molecule has 0 radical (unpaired) electrons. The highest BCUT2D eigenvalue weighted by Gasteiger charge is 2.18. The second kappa shape index (κ2) is 8.87. The Bertz CT molecular complexity index is 723. The lowest BCUT2D eigenvalue weighted by Crippen LogP contribution is -2.44. The number of benzene rings is 2. The fraction of sp³-hybridized carbons (Fsp3) is 0.350. The minimum absolute atomic E-state index is 0.110. The lowest BCUT2D eigenvalue weighted by molar-refractivity contribution is 0.156. The van der Waals surface area contributed by atoms with E-state index in [1.807, 2.05) is 18.2 Å². The van der Waals surface area contributed by atoms with Crippen LogP contribution in [0, 0.1) is 11.3 Å². The topological polar surface area (TPSA) is 48.3 Å². The van der Waals surface area contributed by atoms with E-state index in [-0.39, 0.29) is 6.10 Å². The molecule has 0 amide bonds. The lowest BCUT2D eigenvalue weighted by Gasteiger charge is -2.29. The van der Waals surface area contributed by atoms with E-state index in [2.05, 4.69) is 28.4 Å². The molecule has 25 heavy (non-hydrogen) atoms. The predicted molar refractivity (Wildman–Crippen MR) is 99.9 cm³/mol. The number of piperazine rings is 1. The molecule has 1 N–H and O–H groups in total. The van der Waals surface area contributed by atoms with Gasteiger partial charge in [-0.2, -0.15) is 5.26 Å². The molecule has 1 atom stereocenters. The average molecular weight is 356 g/mol. The first-order chi connectivity index (χ1) is 12.3. The van der Waals surface area contributed by atoms with E-state index in [9.17, 15) is 5.26 Å². The fourth-order valence-electron chi connectivity index (χ4n) is 3.04. The van der Waals surface area contributed by atoms with Gasteiger partial charge in [-0.25, -0.2) is 0 Å². The van der Waals surface area contributed by atoms with Crippen molar-refractivity contribution >= 4 is 11.6 Å². The van der Waals surface area contributed by atoms with Crippen LogP contribution >= 0.6 is 11.6 Å². The number of halogens is 1. The van der Waals surface area contributed by atoms with E-state index in [0.29, 0.717) is 16.3 Å². The molecule has 0 aromatic heterocycles. The molecule has 2 aromatic rings. The second-order valence-corrected chi connectivity index (χ2v) is 6.59. The minimum atomic E-state index is -0.110. The third-order valence-corrected chi connectivity index (χ3v) is 4.66. The quantitative estimate of drug-likeness (QED) is 0.859. The van der Waals surface area contributed by atoms with Crippen molar-refractivity contribution in [1.29, 1.82) is 5.26 Å². The molecule has 0 aliphatic carbocycles. The van der Waals surface area contributed by atoms with Gasteiger partial charge in [0.15, 0.2) is 0 Å². The van der Waals surface area contributed by atoms with Crippen molar-refractivity contribution in [3.05, 3.63) is 64.7 Å². The SMILES string of the molecule is N#Cc1ccc(Cl)cc1O[C@H](CCN1CCNCC1)c1ccccc1. The second-order valence-electron chi connectivity index (χ2n) is 6.15. The van der Waals surface area contributed by atoms with Crippen molar-refractivity contribution in [2.75, 3.05) is 32.7 Å². The zero-order valence-corrected chi connectivity index (χ0v) is 14.9. The van der Waals surface area contributed by atoms with Crippen LogP contribution in [0.1, 0.15) is 23.7 Å². The molecule has 0 unspecified atom stereocenters. The maximum atomic E-state index is 9.34. The first-order valence-corrected chi connectivity index (χ1v) is 8.98. The molecular formula is C20H22ClN3O. The molecule has 4 nitrogen and oxygen atoms in total. The van der Waals surface area contributed by atoms with Crippen LogP contribution in [0.15, 0.2) is 48.5 Å². The first-order valence-electron chi connectivity index (χ1n) is 8.60. The molecule has 2 aromatic carbocycles. The van der Waals surface area contributed by atoms with Gasteiger partial charge in [-0.05, 0) is 17.7 Å². The summed E-state index contributed by atoms with van der Waals surface area (Å²) in [6.07, 6.45) is 0.753. The molecule has 1 fully saturated rings. The predicted octanol–water partition coefficient (Wildman–Crippen LogP) is 3.63. The third kappa shape index (κ3) is 4.96. The summed E-state index contributed by atoms with van der Waals surface area (Å²) >= 11 is 6.10. The molecular weight excluding hydrogens is 334 g/mol. The van der Waals surface area contributed by atoms with Gasteiger partial charge in [0.1, 0.15) is 17.9 Å². The highest BCUT2D eigenvalue weighted by molar-refractivity contribution is 6.30. The molecule has 1 heterocycles. The number of nitrogens with zero attached hydrogens (tertiary/aromatic N) is 2. The monoisotopic (exact) mass is 355 g/mol.